The molecule has 5 nitrogen and oxygen atoms in total. The van der Waals surface area contributed by atoms with Crippen molar-refractivity contribution >= 4 is 23.6 Å². The van der Waals surface area contributed by atoms with Gasteiger partial charge in [0, 0.05) is 24.1 Å². The van der Waals surface area contributed by atoms with Gasteiger partial charge in [-0.25, -0.2) is 0 Å². The number of aryl methyl sites for hydroxylation is 1. The monoisotopic (exact) mass is 297 g/mol. The van der Waals surface area contributed by atoms with Crippen molar-refractivity contribution in [3.63, 3.8) is 0 Å². The number of rotatable bonds is 7. The number of benzene rings is 1. The van der Waals surface area contributed by atoms with Crippen LogP contribution in [0.5, 0.6) is 0 Å². The lowest BCUT2D eigenvalue weighted by molar-refractivity contribution is -0.137. The van der Waals surface area contributed by atoms with E-state index in [9.17, 15) is 9.59 Å². The summed E-state index contributed by atoms with van der Waals surface area (Å²) in [5, 5.41) is 8.91. The molecule has 1 N–H and O–H groups in total. The molecule has 1 aromatic rings. The van der Waals surface area contributed by atoms with Crippen LogP contribution < -0.4 is 0 Å². The summed E-state index contributed by atoms with van der Waals surface area (Å²) in [6.07, 6.45) is 1.93. The zero-order chi connectivity index (χ0) is 15.1. The summed E-state index contributed by atoms with van der Waals surface area (Å²) in [6.45, 7) is 2.07. The predicted octanol–water partition coefficient (Wildman–Crippen LogP) is 1.89. The van der Waals surface area contributed by atoms with Gasteiger partial charge >= 0.3 is 5.97 Å². The SMILES string of the molecule is COCCN(CC(=O)O)C(=O)c1cc(SC)ccc1C. The summed E-state index contributed by atoms with van der Waals surface area (Å²) < 4.78 is 4.92. The topological polar surface area (TPSA) is 66.8 Å². The van der Waals surface area contributed by atoms with E-state index in [-0.39, 0.29) is 19.0 Å². The molecule has 1 rings (SSSR count). The zero-order valence-electron chi connectivity index (χ0n) is 11.9. The molecule has 0 spiro atoms. The molecule has 0 heterocycles. The molecule has 0 fully saturated rings. The highest BCUT2D eigenvalue weighted by Gasteiger charge is 2.20. The molecule has 0 saturated heterocycles. The van der Waals surface area contributed by atoms with Gasteiger partial charge in [-0.1, -0.05) is 6.07 Å². The van der Waals surface area contributed by atoms with E-state index in [1.54, 1.807) is 17.8 Å². The highest BCUT2D eigenvalue weighted by molar-refractivity contribution is 7.98. The first-order chi connectivity index (χ1) is 9.49. The predicted molar refractivity (Wildman–Crippen MR) is 78.4 cm³/mol. The second-order valence-electron chi connectivity index (χ2n) is 4.29. The van der Waals surface area contributed by atoms with E-state index in [0.717, 1.165) is 10.5 Å². The third-order valence-electron chi connectivity index (χ3n) is 2.85. The Kier molecular flexibility index (Phi) is 6.54. The highest BCUT2D eigenvalue weighted by atomic mass is 32.2. The molecule has 0 aliphatic heterocycles. The molecule has 110 valence electrons. The maximum Gasteiger partial charge on any atom is 0.323 e. The minimum absolute atomic E-state index is 0.255. The lowest BCUT2D eigenvalue weighted by Gasteiger charge is -2.21. The van der Waals surface area contributed by atoms with Crippen LogP contribution in [0.25, 0.3) is 0 Å². The number of ether oxygens (including phenoxy) is 1. The van der Waals surface area contributed by atoms with Gasteiger partial charge in [0.2, 0.25) is 0 Å². The standard InChI is InChI=1S/C14H19NO4S/c1-10-4-5-11(20-3)8-12(10)14(18)15(6-7-19-2)9-13(16)17/h4-5,8H,6-7,9H2,1-3H3,(H,16,17). The minimum Gasteiger partial charge on any atom is -0.480 e. The van der Waals surface area contributed by atoms with E-state index < -0.39 is 5.97 Å². The van der Waals surface area contributed by atoms with Gasteiger partial charge in [-0.15, -0.1) is 11.8 Å². The van der Waals surface area contributed by atoms with Gasteiger partial charge in [-0.2, -0.15) is 0 Å². The Hall–Kier alpha value is -1.53. The summed E-state index contributed by atoms with van der Waals surface area (Å²) in [4.78, 5) is 25.6. The lowest BCUT2D eigenvalue weighted by Crippen LogP contribution is -2.38. The number of hydrogen-bond donors (Lipinski definition) is 1. The second-order valence-corrected chi connectivity index (χ2v) is 5.17. The van der Waals surface area contributed by atoms with Crippen LogP contribution in [-0.2, 0) is 9.53 Å². The van der Waals surface area contributed by atoms with Crippen LogP contribution in [0.1, 0.15) is 15.9 Å². The fourth-order valence-corrected chi connectivity index (χ4v) is 2.19. The van der Waals surface area contributed by atoms with Crippen LogP contribution in [0, 0.1) is 6.92 Å². The Morgan fingerprint density at radius 2 is 2.10 bits per heavy atom. The number of carboxylic acid groups (broad SMARTS) is 1. The smallest absolute Gasteiger partial charge is 0.323 e. The molecular weight excluding hydrogens is 278 g/mol. The van der Waals surface area contributed by atoms with Crippen molar-refractivity contribution in [1.82, 2.24) is 4.90 Å². The first-order valence-electron chi connectivity index (χ1n) is 6.14. The summed E-state index contributed by atoms with van der Waals surface area (Å²) in [7, 11) is 1.52. The highest BCUT2D eigenvalue weighted by Crippen LogP contribution is 2.20. The summed E-state index contributed by atoms with van der Waals surface area (Å²) >= 11 is 1.54. The number of amides is 1. The van der Waals surface area contributed by atoms with Gasteiger partial charge < -0.3 is 14.7 Å². The Morgan fingerprint density at radius 3 is 2.65 bits per heavy atom. The van der Waals surface area contributed by atoms with E-state index in [0.29, 0.717) is 12.2 Å². The number of thioether (sulfide) groups is 1. The van der Waals surface area contributed by atoms with E-state index >= 15 is 0 Å². The van der Waals surface area contributed by atoms with Crippen LogP contribution in [0.4, 0.5) is 0 Å². The normalized spacial score (nSPS) is 10.3. The number of hydrogen-bond acceptors (Lipinski definition) is 4. The van der Waals surface area contributed by atoms with Crippen LogP contribution in [0.15, 0.2) is 23.1 Å². The van der Waals surface area contributed by atoms with E-state index in [4.69, 9.17) is 9.84 Å². The van der Waals surface area contributed by atoms with Crippen molar-refractivity contribution in [2.24, 2.45) is 0 Å². The molecule has 0 unspecified atom stereocenters. The van der Waals surface area contributed by atoms with Crippen molar-refractivity contribution < 1.29 is 19.4 Å². The molecule has 20 heavy (non-hydrogen) atoms. The minimum atomic E-state index is -1.03. The van der Waals surface area contributed by atoms with Crippen molar-refractivity contribution in [3.8, 4) is 0 Å². The molecule has 1 amide bonds. The van der Waals surface area contributed by atoms with E-state index in [2.05, 4.69) is 0 Å². The van der Waals surface area contributed by atoms with Crippen molar-refractivity contribution in [1.29, 1.82) is 0 Å². The van der Waals surface area contributed by atoms with Crippen LogP contribution in [-0.4, -0.2) is 54.9 Å². The molecule has 0 atom stereocenters. The third-order valence-corrected chi connectivity index (χ3v) is 3.58. The first kappa shape index (κ1) is 16.5. The largest absolute Gasteiger partial charge is 0.480 e. The third kappa shape index (κ3) is 4.54. The molecule has 0 saturated carbocycles. The number of methoxy groups -OCH3 is 1. The fraction of sp³-hybridized carbons (Fsp3) is 0.429. The van der Waals surface area contributed by atoms with Gasteiger partial charge in [0.1, 0.15) is 6.54 Å². The van der Waals surface area contributed by atoms with E-state index in [1.807, 2.05) is 25.3 Å². The molecule has 1 aromatic carbocycles. The van der Waals surface area contributed by atoms with E-state index in [1.165, 1.54) is 12.0 Å². The van der Waals surface area contributed by atoms with Gasteiger partial charge in [0.25, 0.3) is 5.91 Å². The van der Waals surface area contributed by atoms with Gasteiger partial charge in [-0.3, -0.25) is 9.59 Å². The Morgan fingerprint density at radius 1 is 1.40 bits per heavy atom. The Bertz CT molecular complexity index is 490. The van der Waals surface area contributed by atoms with Crippen LogP contribution in [0.3, 0.4) is 0 Å². The summed E-state index contributed by atoms with van der Waals surface area (Å²) in [5.74, 6) is -1.31. The molecule has 0 aliphatic carbocycles. The van der Waals surface area contributed by atoms with Gasteiger partial charge in [0.05, 0.1) is 6.61 Å². The Balaban J connectivity index is 3.00. The quantitative estimate of drug-likeness (QED) is 0.779. The van der Waals surface area contributed by atoms with Crippen molar-refractivity contribution in [2.45, 2.75) is 11.8 Å². The molecule has 0 aliphatic rings. The van der Waals surface area contributed by atoms with Crippen LogP contribution >= 0.6 is 11.8 Å². The maximum absolute atomic E-state index is 12.5. The number of nitrogens with zero attached hydrogens (tertiary/aromatic N) is 1. The van der Waals surface area contributed by atoms with Crippen molar-refractivity contribution in [2.75, 3.05) is 33.1 Å². The second kappa shape index (κ2) is 7.91. The van der Waals surface area contributed by atoms with Gasteiger partial charge in [0.15, 0.2) is 0 Å². The fourth-order valence-electron chi connectivity index (χ4n) is 1.75. The number of aliphatic carboxylic acids is 1. The average Bonchev–Trinajstić information content (AvgIpc) is 2.43. The summed E-state index contributed by atoms with van der Waals surface area (Å²) in [6, 6.07) is 5.60. The molecule has 6 heteroatoms. The number of carboxylic acids is 1. The summed E-state index contributed by atoms with van der Waals surface area (Å²) in [5.41, 5.74) is 1.37. The van der Waals surface area contributed by atoms with Crippen LogP contribution in [0.2, 0.25) is 0 Å². The van der Waals surface area contributed by atoms with Gasteiger partial charge in [-0.05, 0) is 30.9 Å². The average molecular weight is 297 g/mol. The Labute approximate surface area is 122 Å². The number of carbonyl (C=O) groups excluding carboxylic acids is 1. The van der Waals surface area contributed by atoms with Crippen molar-refractivity contribution in [3.05, 3.63) is 29.3 Å². The molecule has 0 bridgehead atoms. The maximum atomic E-state index is 12.5. The molecule has 0 radical (unpaired) electrons. The molecular formula is C14H19NO4S. The zero-order valence-corrected chi connectivity index (χ0v) is 12.7. The number of carbonyl (C=O) groups is 2. The molecule has 0 aromatic heterocycles. The lowest BCUT2D eigenvalue weighted by atomic mass is 10.1. The first-order valence-corrected chi connectivity index (χ1v) is 7.36.